The first-order valence-electron chi connectivity index (χ1n) is 4.90. The third-order valence-electron chi connectivity index (χ3n) is 2.79. The second-order valence-electron chi connectivity index (χ2n) is 3.97. The van der Waals surface area contributed by atoms with Gasteiger partial charge < -0.3 is 5.73 Å². The molecule has 0 aliphatic carbocycles. The Hall–Kier alpha value is -0.0600. The van der Waals surface area contributed by atoms with Crippen LogP contribution in [0.5, 0.6) is 0 Å². The van der Waals surface area contributed by atoms with Crippen molar-refractivity contribution in [1.29, 1.82) is 0 Å². The molecule has 2 atom stereocenters. The van der Waals surface area contributed by atoms with E-state index in [1.54, 1.807) is 6.07 Å². The molecule has 1 aliphatic rings. The number of benzene rings is 1. The van der Waals surface area contributed by atoms with Gasteiger partial charge in [0.15, 0.2) is 0 Å². The first-order chi connectivity index (χ1) is 7.09. The van der Waals surface area contributed by atoms with Crippen molar-refractivity contribution in [2.45, 2.75) is 18.7 Å². The van der Waals surface area contributed by atoms with Crippen LogP contribution in [-0.4, -0.2) is 5.75 Å². The van der Waals surface area contributed by atoms with Crippen molar-refractivity contribution in [2.75, 3.05) is 5.75 Å². The summed E-state index contributed by atoms with van der Waals surface area (Å²) in [5.41, 5.74) is 8.24. The van der Waals surface area contributed by atoms with Gasteiger partial charge >= 0.3 is 0 Å². The molecule has 0 saturated carbocycles. The van der Waals surface area contributed by atoms with Crippen molar-refractivity contribution in [3.05, 3.63) is 33.5 Å². The van der Waals surface area contributed by atoms with Gasteiger partial charge in [-0.2, -0.15) is 11.8 Å². The highest BCUT2D eigenvalue weighted by Gasteiger charge is 2.23. The van der Waals surface area contributed by atoms with Gasteiger partial charge in [0.1, 0.15) is 5.82 Å². The first kappa shape index (κ1) is 11.4. The van der Waals surface area contributed by atoms with Crippen molar-refractivity contribution in [1.82, 2.24) is 0 Å². The first-order valence-corrected chi connectivity index (χ1v) is 6.85. The zero-order valence-corrected chi connectivity index (χ0v) is 10.9. The second-order valence-corrected chi connectivity index (χ2v) is 5.86. The predicted molar refractivity (Wildman–Crippen MR) is 66.4 cm³/mol. The Balaban J connectivity index is 2.53. The number of thioether (sulfide) groups is 1. The number of rotatable bonds is 0. The van der Waals surface area contributed by atoms with Gasteiger partial charge in [0.05, 0.1) is 0 Å². The standard InChI is InChI=1S/C11H13BrFNS/c1-6-4-15-5-9-8(11(6)14)2-7(13)3-10(9)12/h2-3,6,11H,4-5,14H2,1H3. The molecule has 1 nitrogen and oxygen atoms in total. The van der Waals surface area contributed by atoms with Crippen LogP contribution in [0.2, 0.25) is 0 Å². The molecule has 82 valence electrons. The summed E-state index contributed by atoms with van der Waals surface area (Å²) >= 11 is 5.26. The van der Waals surface area contributed by atoms with Gasteiger partial charge in [-0.25, -0.2) is 4.39 Å². The van der Waals surface area contributed by atoms with Gasteiger partial charge in [-0.1, -0.05) is 22.9 Å². The third-order valence-corrected chi connectivity index (χ3v) is 4.76. The molecular weight excluding hydrogens is 277 g/mol. The third kappa shape index (κ3) is 2.22. The number of hydrogen-bond acceptors (Lipinski definition) is 2. The monoisotopic (exact) mass is 289 g/mol. The molecule has 0 radical (unpaired) electrons. The molecule has 1 aromatic carbocycles. The fourth-order valence-corrected chi connectivity index (χ4v) is 3.83. The molecule has 15 heavy (non-hydrogen) atoms. The maximum absolute atomic E-state index is 13.3. The normalized spacial score (nSPS) is 25.9. The quantitative estimate of drug-likeness (QED) is 0.791. The zero-order valence-electron chi connectivity index (χ0n) is 8.47. The maximum atomic E-state index is 13.3. The number of hydrogen-bond donors (Lipinski definition) is 1. The summed E-state index contributed by atoms with van der Waals surface area (Å²) in [6.45, 7) is 2.12. The van der Waals surface area contributed by atoms with Crippen molar-refractivity contribution < 1.29 is 4.39 Å². The van der Waals surface area contributed by atoms with Gasteiger partial charge in [0, 0.05) is 16.3 Å². The van der Waals surface area contributed by atoms with E-state index in [4.69, 9.17) is 5.73 Å². The fraction of sp³-hybridized carbons (Fsp3) is 0.455. The Bertz CT molecular complexity index is 383. The summed E-state index contributed by atoms with van der Waals surface area (Å²) in [7, 11) is 0. The minimum absolute atomic E-state index is 0.0537. The van der Waals surface area contributed by atoms with E-state index in [1.165, 1.54) is 6.07 Å². The molecular formula is C11H13BrFNS. The van der Waals surface area contributed by atoms with Crippen LogP contribution in [0.1, 0.15) is 24.1 Å². The van der Waals surface area contributed by atoms with Gasteiger partial charge in [0.2, 0.25) is 0 Å². The van der Waals surface area contributed by atoms with Crippen LogP contribution >= 0.6 is 27.7 Å². The Kier molecular flexibility index (Phi) is 3.38. The second kappa shape index (κ2) is 4.44. The molecule has 0 saturated heterocycles. The highest BCUT2D eigenvalue weighted by Crippen LogP contribution is 2.36. The lowest BCUT2D eigenvalue weighted by Gasteiger charge is -2.18. The molecule has 2 N–H and O–H groups in total. The van der Waals surface area contributed by atoms with E-state index in [0.29, 0.717) is 5.92 Å². The molecule has 1 heterocycles. The molecule has 0 bridgehead atoms. The Labute approximate surface area is 102 Å². The van der Waals surface area contributed by atoms with E-state index in [9.17, 15) is 4.39 Å². The highest BCUT2D eigenvalue weighted by atomic mass is 79.9. The molecule has 0 aromatic heterocycles. The number of nitrogens with two attached hydrogens (primary N) is 1. The van der Waals surface area contributed by atoms with Crippen molar-refractivity contribution >= 4 is 27.7 Å². The smallest absolute Gasteiger partial charge is 0.124 e. The predicted octanol–water partition coefficient (Wildman–Crippen LogP) is 3.47. The average Bonchev–Trinajstić information content (AvgIpc) is 2.30. The highest BCUT2D eigenvalue weighted by molar-refractivity contribution is 9.10. The molecule has 0 fully saturated rings. The van der Waals surface area contributed by atoms with Crippen LogP contribution in [0, 0.1) is 11.7 Å². The molecule has 4 heteroatoms. The van der Waals surface area contributed by atoms with Crippen LogP contribution in [0.25, 0.3) is 0 Å². The van der Waals surface area contributed by atoms with Crippen LogP contribution in [0.15, 0.2) is 16.6 Å². The molecule has 2 rings (SSSR count). The van der Waals surface area contributed by atoms with Crippen LogP contribution in [0.4, 0.5) is 4.39 Å². The summed E-state index contributed by atoms with van der Waals surface area (Å²) < 4.78 is 14.1. The fourth-order valence-electron chi connectivity index (χ4n) is 1.83. The minimum atomic E-state index is -0.213. The summed E-state index contributed by atoms with van der Waals surface area (Å²) in [5, 5.41) is 0. The van der Waals surface area contributed by atoms with E-state index >= 15 is 0 Å². The van der Waals surface area contributed by atoms with E-state index in [0.717, 1.165) is 27.1 Å². The van der Waals surface area contributed by atoms with Gasteiger partial charge in [-0.15, -0.1) is 0 Å². The van der Waals surface area contributed by atoms with Crippen molar-refractivity contribution in [2.24, 2.45) is 11.7 Å². The minimum Gasteiger partial charge on any atom is -0.324 e. The Morgan fingerprint density at radius 3 is 3.00 bits per heavy atom. The summed E-state index contributed by atoms with van der Waals surface area (Å²) in [5.74, 6) is 2.12. The topological polar surface area (TPSA) is 26.0 Å². The van der Waals surface area contributed by atoms with E-state index < -0.39 is 0 Å². The van der Waals surface area contributed by atoms with Gasteiger partial charge in [-0.3, -0.25) is 0 Å². The molecule has 1 aromatic rings. The van der Waals surface area contributed by atoms with E-state index in [-0.39, 0.29) is 11.9 Å². The van der Waals surface area contributed by atoms with Gasteiger partial charge in [0.25, 0.3) is 0 Å². The molecule has 0 amide bonds. The SMILES string of the molecule is CC1CSCc2c(Br)cc(F)cc2C1N. The Morgan fingerprint density at radius 1 is 1.53 bits per heavy atom. The van der Waals surface area contributed by atoms with Crippen molar-refractivity contribution in [3.63, 3.8) is 0 Å². The lowest BCUT2D eigenvalue weighted by Crippen LogP contribution is -2.20. The van der Waals surface area contributed by atoms with Crippen LogP contribution in [0.3, 0.4) is 0 Å². The lowest BCUT2D eigenvalue weighted by atomic mass is 9.93. The number of halogens is 2. The summed E-state index contributed by atoms with van der Waals surface area (Å²) in [4.78, 5) is 0. The maximum Gasteiger partial charge on any atom is 0.124 e. The zero-order chi connectivity index (χ0) is 11.0. The summed E-state index contributed by atoms with van der Waals surface area (Å²) in [6, 6.07) is 3.04. The van der Waals surface area contributed by atoms with Crippen LogP contribution in [-0.2, 0) is 5.75 Å². The largest absolute Gasteiger partial charge is 0.324 e. The van der Waals surface area contributed by atoms with E-state index in [2.05, 4.69) is 22.9 Å². The Morgan fingerprint density at radius 2 is 2.27 bits per heavy atom. The van der Waals surface area contributed by atoms with Crippen molar-refractivity contribution in [3.8, 4) is 0 Å². The molecule has 0 spiro atoms. The van der Waals surface area contributed by atoms with Gasteiger partial charge in [-0.05, 0) is 34.9 Å². The lowest BCUT2D eigenvalue weighted by molar-refractivity contribution is 0.518. The average molecular weight is 290 g/mol. The van der Waals surface area contributed by atoms with Crippen LogP contribution < -0.4 is 5.73 Å². The van der Waals surface area contributed by atoms with E-state index in [1.807, 2.05) is 11.8 Å². The number of fused-ring (bicyclic) bond motifs is 1. The summed E-state index contributed by atoms with van der Waals surface area (Å²) in [6.07, 6.45) is 0. The molecule has 1 aliphatic heterocycles. The molecule has 2 unspecified atom stereocenters.